The van der Waals surface area contributed by atoms with Gasteiger partial charge in [0.2, 0.25) is 5.91 Å². The summed E-state index contributed by atoms with van der Waals surface area (Å²) in [5.41, 5.74) is 0. The van der Waals surface area contributed by atoms with Crippen molar-refractivity contribution in [3.05, 3.63) is 0 Å². The number of piperidine rings is 1. The maximum atomic E-state index is 12.1. The average molecular weight is 224 g/mol. The molecule has 1 amide bonds. The summed E-state index contributed by atoms with van der Waals surface area (Å²) in [6.45, 7) is 4.21. The molecule has 2 N–H and O–H groups in total. The van der Waals surface area contributed by atoms with Gasteiger partial charge in [-0.1, -0.05) is 19.8 Å². The number of nitrogens with one attached hydrogen (secondary N) is 2. The topological polar surface area (TPSA) is 41.1 Å². The molecule has 0 aromatic heterocycles. The van der Waals surface area contributed by atoms with E-state index in [9.17, 15) is 4.79 Å². The predicted octanol–water partition coefficient (Wildman–Crippen LogP) is 1.68. The molecule has 0 bridgehead atoms. The van der Waals surface area contributed by atoms with Gasteiger partial charge in [-0.2, -0.15) is 0 Å². The van der Waals surface area contributed by atoms with Gasteiger partial charge in [0.1, 0.15) is 0 Å². The van der Waals surface area contributed by atoms with Crippen molar-refractivity contribution in [3.8, 4) is 0 Å². The van der Waals surface area contributed by atoms with Crippen LogP contribution in [0.25, 0.3) is 0 Å². The smallest absolute Gasteiger partial charge is 0.224 e. The minimum absolute atomic E-state index is 0.211. The Kier molecular flexibility index (Phi) is 4.22. The van der Waals surface area contributed by atoms with Gasteiger partial charge in [0.05, 0.1) is 5.92 Å². The van der Waals surface area contributed by atoms with Crippen LogP contribution in [0.2, 0.25) is 0 Å². The van der Waals surface area contributed by atoms with Gasteiger partial charge in [0, 0.05) is 12.6 Å². The Labute approximate surface area is 98.4 Å². The van der Waals surface area contributed by atoms with E-state index < -0.39 is 0 Å². The maximum absolute atomic E-state index is 12.1. The monoisotopic (exact) mass is 224 g/mol. The second kappa shape index (κ2) is 5.67. The fraction of sp³-hybridized carbons (Fsp3) is 0.923. The summed E-state index contributed by atoms with van der Waals surface area (Å²) in [6.07, 6.45) is 7.25. The average Bonchev–Trinajstić information content (AvgIpc) is 2.33. The Morgan fingerprint density at radius 1 is 1.19 bits per heavy atom. The molecule has 1 aliphatic carbocycles. The van der Waals surface area contributed by atoms with E-state index in [4.69, 9.17) is 0 Å². The fourth-order valence-electron chi connectivity index (χ4n) is 2.91. The number of amides is 1. The molecule has 1 heterocycles. The van der Waals surface area contributed by atoms with Crippen molar-refractivity contribution in [3.63, 3.8) is 0 Å². The van der Waals surface area contributed by atoms with E-state index in [2.05, 4.69) is 17.6 Å². The maximum Gasteiger partial charge on any atom is 0.224 e. The quantitative estimate of drug-likeness (QED) is 0.749. The van der Waals surface area contributed by atoms with Crippen LogP contribution in [-0.2, 0) is 4.79 Å². The zero-order valence-corrected chi connectivity index (χ0v) is 10.3. The van der Waals surface area contributed by atoms with Gasteiger partial charge < -0.3 is 10.6 Å². The molecule has 3 heteroatoms. The summed E-state index contributed by atoms with van der Waals surface area (Å²) in [6, 6.07) is 0.433. The standard InChI is InChI=1S/C13H24N2O/c1-10-5-2-3-7-12(10)15-13(16)11-6-4-8-14-9-11/h10-12,14H,2-9H2,1H3,(H,15,16). The van der Waals surface area contributed by atoms with Gasteiger partial charge in [0.25, 0.3) is 0 Å². The molecule has 2 rings (SSSR count). The van der Waals surface area contributed by atoms with Crippen LogP contribution < -0.4 is 10.6 Å². The molecule has 1 saturated carbocycles. The number of hydrogen-bond donors (Lipinski definition) is 2. The highest BCUT2D eigenvalue weighted by atomic mass is 16.2. The number of carbonyl (C=O) groups excluding carboxylic acids is 1. The highest BCUT2D eigenvalue weighted by Gasteiger charge is 2.27. The van der Waals surface area contributed by atoms with E-state index in [1.54, 1.807) is 0 Å². The third-order valence-corrected chi connectivity index (χ3v) is 4.11. The first-order valence-corrected chi connectivity index (χ1v) is 6.78. The molecule has 3 atom stereocenters. The molecule has 2 aliphatic rings. The molecule has 1 aliphatic heterocycles. The molecule has 0 spiro atoms. The molecule has 0 aromatic rings. The number of hydrogen-bond acceptors (Lipinski definition) is 2. The van der Waals surface area contributed by atoms with Gasteiger partial charge in [-0.05, 0) is 38.1 Å². The Morgan fingerprint density at radius 2 is 2.00 bits per heavy atom. The van der Waals surface area contributed by atoms with Crippen molar-refractivity contribution >= 4 is 5.91 Å². The van der Waals surface area contributed by atoms with Crippen LogP contribution in [-0.4, -0.2) is 25.0 Å². The van der Waals surface area contributed by atoms with Gasteiger partial charge in [-0.25, -0.2) is 0 Å². The normalized spacial score (nSPS) is 35.7. The Morgan fingerprint density at radius 3 is 2.69 bits per heavy atom. The number of carbonyl (C=O) groups is 1. The molecule has 0 radical (unpaired) electrons. The van der Waals surface area contributed by atoms with Gasteiger partial charge in [-0.3, -0.25) is 4.79 Å². The first-order valence-electron chi connectivity index (χ1n) is 6.78. The van der Waals surface area contributed by atoms with E-state index in [0.29, 0.717) is 12.0 Å². The minimum atomic E-state index is 0.211. The van der Waals surface area contributed by atoms with E-state index in [0.717, 1.165) is 25.9 Å². The first kappa shape index (κ1) is 11.9. The van der Waals surface area contributed by atoms with Crippen molar-refractivity contribution in [2.75, 3.05) is 13.1 Å². The molecular formula is C13H24N2O. The summed E-state index contributed by atoms with van der Waals surface area (Å²) >= 11 is 0. The molecular weight excluding hydrogens is 200 g/mol. The predicted molar refractivity (Wildman–Crippen MR) is 65.2 cm³/mol. The van der Waals surface area contributed by atoms with Gasteiger partial charge >= 0.3 is 0 Å². The van der Waals surface area contributed by atoms with Gasteiger partial charge in [0.15, 0.2) is 0 Å². The summed E-state index contributed by atoms with van der Waals surface area (Å²) in [5, 5.41) is 6.56. The summed E-state index contributed by atoms with van der Waals surface area (Å²) in [5.74, 6) is 1.16. The second-order valence-corrected chi connectivity index (χ2v) is 5.42. The summed E-state index contributed by atoms with van der Waals surface area (Å²) in [7, 11) is 0. The molecule has 2 fully saturated rings. The Bertz CT molecular complexity index is 236. The van der Waals surface area contributed by atoms with Crippen LogP contribution in [0.5, 0.6) is 0 Å². The lowest BCUT2D eigenvalue weighted by atomic mass is 9.85. The van der Waals surface area contributed by atoms with Crippen LogP contribution >= 0.6 is 0 Å². The largest absolute Gasteiger partial charge is 0.353 e. The van der Waals surface area contributed by atoms with Crippen molar-refractivity contribution in [2.24, 2.45) is 11.8 Å². The molecule has 0 aromatic carbocycles. The lowest BCUT2D eigenvalue weighted by molar-refractivity contribution is -0.126. The zero-order chi connectivity index (χ0) is 11.4. The number of rotatable bonds is 2. The SMILES string of the molecule is CC1CCCCC1NC(=O)C1CCCNC1. The molecule has 92 valence electrons. The van der Waals surface area contributed by atoms with E-state index in [1.165, 1.54) is 25.7 Å². The molecule has 1 saturated heterocycles. The highest BCUT2D eigenvalue weighted by Crippen LogP contribution is 2.24. The van der Waals surface area contributed by atoms with E-state index in [1.807, 2.05) is 0 Å². The lowest BCUT2D eigenvalue weighted by Gasteiger charge is -2.31. The van der Waals surface area contributed by atoms with Crippen molar-refractivity contribution < 1.29 is 4.79 Å². The van der Waals surface area contributed by atoms with Crippen molar-refractivity contribution in [1.82, 2.24) is 10.6 Å². The lowest BCUT2D eigenvalue weighted by Crippen LogP contribution is -2.47. The Balaban J connectivity index is 1.80. The Hall–Kier alpha value is -0.570. The third-order valence-electron chi connectivity index (χ3n) is 4.11. The highest BCUT2D eigenvalue weighted by molar-refractivity contribution is 5.79. The minimum Gasteiger partial charge on any atom is -0.353 e. The fourth-order valence-corrected chi connectivity index (χ4v) is 2.91. The third kappa shape index (κ3) is 2.97. The van der Waals surface area contributed by atoms with Crippen molar-refractivity contribution in [2.45, 2.75) is 51.5 Å². The van der Waals surface area contributed by atoms with Crippen molar-refractivity contribution in [1.29, 1.82) is 0 Å². The zero-order valence-electron chi connectivity index (χ0n) is 10.3. The second-order valence-electron chi connectivity index (χ2n) is 5.42. The summed E-state index contributed by atoms with van der Waals surface area (Å²) in [4.78, 5) is 12.1. The van der Waals surface area contributed by atoms with E-state index in [-0.39, 0.29) is 11.8 Å². The molecule has 3 unspecified atom stereocenters. The summed E-state index contributed by atoms with van der Waals surface area (Å²) < 4.78 is 0. The van der Waals surface area contributed by atoms with E-state index >= 15 is 0 Å². The molecule has 16 heavy (non-hydrogen) atoms. The van der Waals surface area contributed by atoms with Crippen LogP contribution in [0.1, 0.15) is 45.4 Å². The van der Waals surface area contributed by atoms with Crippen LogP contribution in [0.15, 0.2) is 0 Å². The molecule has 3 nitrogen and oxygen atoms in total. The van der Waals surface area contributed by atoms with Crippen LogP contribution in [0.3, 0.4) is 0 Å². The van der Waals surface area contributed by atoms with Crippen LogP contribution in [0.4, 0.5) is 0 Å². The first-order chi connectivity index (χ1) is 7.77. The van der Waals surface area contributed by atoms with Gasteiger partial charge in [-0.15, -0.1) is 0 Å². The van der Waals surface area contributed by atoms with Crippen LogP contribution in [0, 0.1) is 11.8 Å².